The predicted molar refractivity (Wildman–Crippen MR) is 123 cm³/mol. The van der Waals surface area contributed by atoms with Crippen LogP contribution in [0, 0.1) is 23.6 Å². The highest BCUT2D eigenvalue weighted by atomic mass is 19.1. The van der Waals surface area contributed by atoms with E-state index in [4.69, 9.17) is 4.74 Å². The van der Waals surface area contributed by atoms with Crippen molar-refractivity contribution in [3.05, 3.63) is 65.5 Å². The van der Waals surface area contributed by atoms with Gasteiger partial charge in [0.05, 0.1) is 5.56 Å². The molecule has 31 heavy (non-hydrogen) atoms. The zero-order valence-corrected chi connectivity index (χ0v) is 18.7. The number of halogens is 1. The molecule has 2 aliphatic carbocycles. The Balaban J connectivity index is 1.26. The number of carbonyl (C=O) groups excluding carboxylic acids is 1. The third-order valence-electron chi connectivity index (χ3n) is 7.67. The van der Waals surface area contributed by atoms with Gasteiger partial charge in [0.15, 0.2) is 0 Å². The Labute approximate surface area is 186 Å². The highest BCUT2D eigenvalue weighted by Gasteiger charge is 2.31. The molecule has 3 heteroatoms. The molecule has 0 aliphatic heterocycles. The minimum absolute atomic E-state index is 0.354. The first kappa shape index (κ1) is 22.0. The summed E-state index contributed by atoms with van der Waals surface area (Å²) in [4.78, 5) is 12.2. The molecular formula is C28H35FO2. The van der Waals surface area contributed by atoms with Crippen molar-refractivity contribution in [3.8, 4) is 5.75 Å². The van der Waals surface area contributed by atoms with Crippen LogP contribution in [0.4, 0.5) is 4.39 Å². The molecule has 2 fully saturated rings. The van der Waals surface area contributed by atoms with E-state index in [9.17, 15) is 9.18 Å². The number of esters is 1. The van der Waals surface area contributed by atoms with Crippen LogP contribution >= 0.6 is 0 Å². The van der Waals surface area contributed by atoms with E-state index in [0.717, 1.165) is 17.8 Å². The number of carbonyl (C=O) groups is 1. The van der Waals surface area contributed by atoms with Crippen LogP contribution in [0.3, 0.4) is 0 Å². The second-order valence-corrected chi connectivity index (χ2v) is 9.65. The van der Waals surface area contributed by atoms with Crippen LogP contribution < -0.4 is 4.74 Å². The van der Waals surface area contributed by atoms with E-state index < -0.39 is 5.97 Å². The Kier molecular flexibility index (Phi) is 7.42. The molecule has 0 amide bonds. The summed E-state index contributed by atoms with van der Waals surface area (Å²) >= 11 is 0. The summed E-state index contributed by atoms with van der Waals surface area (Å²) in [5.41, 5.74) is 1.71. The summed E-state index contributed by atoms with van der Waals surface area (Å²) in [6.07, 6.45) is 13.8. The number of hydrogen-bond donors (Lipinski definition) is 0. The average molecular weight is 423 g/mol. The molecule has 2 aliphatic rings. The van der Waals surface area contributed by atoms with Gasteiger partial charge in [-0.2, -0.15) is 0 Å². The van der Waals surface area contributed by atoms with Crippen LogP contribution in [0.1, 0.15) is 93.0 Å². The second-order valence-electron chi connectivity index (χ2n) is 9.65. The van der Waals surface area contributed by atoms with Gasteiger partial charge < -0.3 is 4.74 Å². The molecule has 0 aromatic heterocycles. The van der Waals surface area contributed by atoms with Gasteiger partial charge in [-0.3, -0.25) is 0 Å². The van der Waals surface area contributed by atoms with Crippen LogP contribution in [0.15, 0.2) is 48.5 Å². The summed E-state index contributed by atoms with van der Waals surface area (Å²) in [5.74, 6) is 3.22. The monoisotopic (exact) mass is 422 g/mol. The van der Waals surface area contributed by atoms with Gasteiger partial charge in [-0.15, -0.1) is 0 Å². The van der Waals surface area contributed by atoms with Crippen molar-refractivity contribution in [2.24, 2.45) is 17.8 Å². The lowest BCUT2D eigenvalue weighted by Crippen LogP contribution is -2.25. The van der Waals surface area contributed by atoms with Gasteiger partial charge in [0.1, 0.15) is 11.6 Å². The first-order chi connectivity index (χ1) is 15.1. The second kappa shape index (κ2) is 10.4. The molecule has 0 heterocycles. The standard InChI is InChI=1S/C28H35FO2/c1-2-3-20-4-6-21(7-5-20)22-8-10-23(11-9-22)24-14-18-27(19-15-24)31-28(30)25-12-16-26(29)17-13-25/h12-23H,2-11H2,1H3/t20-,21-,22-,23-. The third-order valence-corrected chi connectivity index (χ3v) is 7.67. The van der Waals surface area contributed by atoms with Crippen molar-refractivity contribution in [3.63, 3.8) is 0 Å². The Morgan fingerprint density at radius 1 is 0.839 bits per heavy atom. The summed E-state index contributed by atoms with van der Waals surface area (Å²) in [7, 11) is 0. The van der Waals surface area contributed by atoms with Gasteiger partial charge in [-0.1, -0.05) is 44.7 Å². The van der Waals surface area contributed by atoms with Crippen molar-refractivity contribution in [2.75, 3.05) is 0 Å². The van der Waals surface area contributed by atoms with Crippen molar-refractivity contribution in [1.82, 2.24) is 0 Å². The van der Waals surface area contributed by atoms with Crippen LogP contribution in [0.25, 0.3) is 0 Å². The minimum Gasteiger partial charge on any atom is -0.423 e. The van der Waals surface area contributed by atoms with Crippen LogP contribution in [0.2, 0.25) is 0 Å². The predicted octanol–water partition coefficient (Wildman–Crippen LogP) is 7.93. The largest absolute Gasteiger partial charge is 0.423 e. The van der Waals surface area contributed by atoms with Crippen molar-refractivity contribution in [1.29, 1.82) is 0 Å². The maximum atomic E-state index is 13.0. The Morgan fingerprint density at radius 3 is 2.00 bits per heavy atom. The zero-order chi connectivity index (χ0) is 21.6. The van der Waals surface area contributed by atoms with Crippen LogP contribution in [0.5, 0.6) is 5.75 Å². The molecule has 0 unspecified atom stereocenters. The van der Waals surface area contributed by atoms with E-state index in [-0.39, 0.29) is 5.82 Å². The fourth-order valence-corrected chi connectivity index (χ4v) is 5.84. The lowest BCUT2D eigenvalue weighted by atomic mass is 9.68. The molecule has 2 aromatic carbocycles. The van der Waals surface area contributed by atoms with E-state index in [2.05, 4.69) is 19.1 Å². The number of ether oxygens (including phenoxy) is 1. The fraction of sp³-hybridized carbons (Fsp3) is 0.536. The van der Waals surface area contributed by atoms with Crippen molar-refractivity contribution >= 4 is 5.97 Å². The molecular weight excluding hydrogens is 387 g/mol. The summed E-state index contributed by atoms with van der Waals surface area (Å²) in [5, 5.41) is 0. The molecule has 0 spiro atoms. The normalized spacial score (nSPS) is 26.4. The number of benzene rings is 2. The maximum absolute atomic E-state index is 13.0. The summed E-state index contributed by atoms with van der Waals surface area (Å²) < 4.78 is 18.5. The van der Waals surface area contributed by atoms with Gasteiger partial charge in [0, 0.05) is 0 Å². The topological polar surface area (TPSA) is 26.3 Å². The molecule has 0 radical (unpaired) electrons. The van der Waals surface area contributed by atoms with Crippen molar-refractivity contribution < 1.29 is 13.9 Å². The molecule has 0 atom stereocenters. The SMILES string of the molecule is CCC[C@H]1CC[C@H]([C@H]2CC[C@H](c3ccc(OC(=O)c4ccc(F)cc4)cc3)CC2)CC1. The van der Waals surface area contributed by atoms with E-state index in [1.165, 1.54) is 94.0 Å². The van der Waals surface area contributed by atoms with Crippen molar-refractivity contribution in [2.45, 2.75) is 77.0 Å². The third kappa shape index (κ3) is 5.75. The summed E-state index contributed by atoms with van der Waals surface area (Å²) in [6, 6.07) is 13.4. The lowest BCUT2D eigenvalue weighted by molar-refractivity contribution is 0.0734. The van der Waals surface area contributed by atoms with Crippen LogP contribution in [-0.4, -0.2) is 5.97 Å². The average Bonchev–Trinajstić information content (AvgIpc) is 2.81. The summed E-state index contributed by atoms with van der Waals surface area (Å²) in [6.45, 7) is 2.31. The van der Waals surface area contributed by atoms with E-state index >= 15 is 0 Å². The molecule has 4 rings (SSSR count). The molecule has 2 nitrogen and oxygen atoms in total. The van der Waals surface area contributed by atoms with E-state index in [1.54, 1.807) is 0 Å². The van der Waals surface area contributed by atoms with E-state index in [0.29, 0.717) is 17.2 Å². The van der Waals surface area contributed by atoms with E-state index in [1.807, 2.05) is 12.1 Å². The fourth-order valence-electron chi connectivity index (χ4n) is 5.84. The van der Waals surface area contributed by atoms with Gasteiger partial charge in [-0.25, -0.2) is 9.18 Å². The smallest absolute Gasteiger partial charge is 0.343 e. The number of hydrogen-bond acceptors (Lipinski definition) is 2. The molecule has 166 valence electrons. The molecule has 0 bridgehead atoms. The van der Waals surface area contributed by atoms with Gasteiger partial charge in [0.2, 0.25) is 0 Å². The van der Waals surface area contributed by atoms with Gasteiger partial charge >= 0.3 is 5.97 Å². The minimum atomic E-state index is -0.457. The lowest BCUT2D eigenvalue weighted by Gasteiger charge is -2.38. The van der Waals surface area contributed by atoms with Gasteiger partial charge in [0.25, 0.3) is 0 Å². The molecule has 2 aromatic rings. The highest BCUT2D eigenvalue weighted by Crippen LogP contribution is 2.44. The van der Waals surface area contributed by atoms with Gasteiger partial charge in [-0.05, 0) is 104 Å². The Bertz CT molecular complexity index is 826. The Morgan fingerprint density at radius 2 is 1.42 bits per heavy atom. The molecule has 2 saturated carbocycles. The quantitative estimate of drug-likeness (QED) is 0.349. The Hall–Kier alpha value is -2.16. The first-order valence-electron chi connectivity index (χ1n) is 12.2. The highest BCUT2D eigenvalue weighted by molar-refractivity contribution is 5.90. The molecule has 0 N–H and O–H groups in total. The molecule has 0 saturated heterocycles. The maximum Gasteiger partial charge on any atom is 0.343 e. The van der Waals surface area contributed by atoms with Crippen LogP contribution in [-0.2, 0) is 0 Å². The first-order valence-corrected chi connectivity index (χ1v) is 12.2. The zero-order valence-electron chi connectivity index (χ0n) is 18.7. The number of rotatable bonds is 6.